The average Bonchev–Trinajstić information content (AvgIpc) is 2.71. The highest BCUT2D eigenvalue weighted by atomic mass is 28.4. The molecule has 1 saturated heterocycles. The van der Waals surface area contributed by atoms with Crippen molar-refractivity contribution in [3.63, 3.8) is 0 Å². The molecular weight excluding hydrogens is 250 g/mol. The van der Waals surface area contributed by atoms with Gasteiger partial charge in [0.2, 0.25) is 0 Å². The molecule has 1 fully saturated rings. The summed E-state index contributed by atoms with van der Waals surface area (Å²) in [6, 6.07) is 2.19. The Morgan fingerprint density at radius 1 is 1.35 bits per heavy atom. The van der Waals surface area contributed by atoms with Gasteiger partial charge in [-0.2, -0.15) is 0 Å². The van der Waals surface area contributed by atoms with Gasteiger partial charge >= 0.3 is 8.56 Å². The second-order valence-corrected chi connectivity index (χ2v) is 13.4. The van der Waals surface area contributed by atoms with E-state index in [1.54, 1.807) is 14.2 Å². The van der Waals surface area contributed by atoms with Gasteiger partial charge < -0.3 is 13.4 Å². The summed E-state index contributed by atoms with van der Waals surface area (Å²) in [5.74, 6) is 0. The van der Waals surface area contributed by atoms with Gasteiger partial charge in [0, 0.05) is 14.2 Å². The second kappa shape index (κ2) is 6.44. The molecule has 1 rings (SSSR count). The fourth-order valence-electron chi connectivity index (χ4n) is 2.50. The van der Waals surface area contributed by atoms with Crippen LogP contribution in [0.3, 0.4) is 0 Å². The summed E-state index contributed by atoms with van der Waals surface area (Å²) in [5.41, 5.74) is 0. The molecule has 0 aliphatic carbocycles. The Balaban J connectivity index is 2.36. The zero-order valence-corrected chi connectivity index (χ0v) is 13.6. The zero-order valence-electron chi connectivity index (χ0n) is 11.6. The standard InChI is InChI=1S/C11H26NO3Si2/c1-14-17(4,15-2)10-6-8-12-7-5-9-16(12,3)11-13/h5-11H2,1-4H3. The lowest BCUT2D eigenvalue weighted by atomic mass is 10.4. The third kappa shape index (κ3) is 3.87. The monoisotopic (exact) mass is 276 g/mol. The summed E-state index contributed by atoms with van der Waals surface area (Å²) in [5, 5.41) is 11.3. The Morgan fingerprint density at radius 3 is 2.53 bits per heavy atom. The van der Waals surface area contributed by atoms with E-state index in [1.807, 2.05) is 0 Å². The Kier molecular flexibility index (Phi) is 5.81. The lowest BCUT2D eigenvalue weighted by molar-refractivity contribution is 0.233. The molecule has 101 valence electrons. The first-order chi connectivity index (χ1) is 7.99. The number of hydrogen-bond donors (Lipinski definition) is 0. The summed E-state index contributed by atoms with van der Waals surface area (Å²) in [7, 11) is -0.0336. The Hall–Kier alpha value is 0.274. The number of rotatable bonds is 7. The van der Waals surface area contributed by atoms with E-state index in [1.165, 1.54) is 12.5 Å². The molecule has 1 aliphatic heterocycles. The van der Waals surface area contributed by atoms with Crippen molar-refractivity contribution in [3.8, 4) is 0 Å². The quantitative estimate of drug-likeness (QED) is 0.668. The maximum atomic E-state index is 11.3. The van der Waals surface area contributed by atoms with Gasteiger partial charge in [0.1, 0.15) is 0 Å². The fourth-order valence-corrected chi connectivity index (χ4v) is 6.84. The molecule has 0 spiro atoms. The lowest BCUT2D eigenvalue weighted by Gasteiger charge is -2.31. The van der Waals surface area contributed by atoms with Gasteiger partial charge in [-0.05, 0) is 44.6 Å². The minimum Gasteiger partial charge on any atom is -0.398 e. The van der Waals surface area contributed by atoms with Crippen LogP contribution in [0.15, 0.2) is 0 Å². The van der Waals surface area contributed by atoms with Crippen LogP contribution in [-0.2, 0) is 14.0 Å². The number of nitrogens with zero attached hydrogens (tertiary/aromatic N) is 1. The second-order valence-electron chi connectivity index (χ2n) is 5.38. The SMILES string of the molecule is CO[Si](C)(CCCN1CCC[Si]1(C)C[O])OC. The predicted molar refractivity (Wildman–Crippen MR) is 73.2 cm³/mol. The van der Waals surface area contributed by atoms with E-state index < -0.39 is 16.8 Å². The van der Waals surface area contributed by atoms with Gasteiger partial charge in [-0.15, -0.1) is 0 Å². The molecule has 1 heterocycles. The average molecular weight is 277 g/mol. The van der Waals surface area contributed by atoms with Gasteiger partial charge in [-0.25, -0.2) is 5.11 Å². The van der Waals surface area contributed by atoms with Crippen molar-refractivity contribution in [2.75, 3.05) is 33.5 Å². The Bertz CT molecular complexity index is 239. The van der Waals surface area contributed by atoms with Gasteiger partial charge in [-0.1, -0.05) is 6.55 Å². The summed E-state index contributed by atoms with van der Waals surface area (Å²) in [6.45, 7) is 6.51. The highest BCUT2D eigenvalue weighted by Gasteiger charge is 2.39. The molecule has 17 heavy (non-hydrogen) atoms. The highest BCUT2D eigenvalue weighted by molar-refractivity contribution is 6.76. The largest absolute Gasteiger partial charge is 0.398 e. The molecule has 0 saturated carbocycles. The summed E-state index contributed by atoms with van der Waals surface area (Å²) in [4.78, 5) is 0. The van der Waals surface area contributed by atoms with Crippen LogP contribution in [0.2, 0.25) is 25.2 Å². The van der Waals surface area contributed by atoms with Crippen molar-refractivity contribution >= 4 is 16.8 Å². The van der Waals surface area contributed by atoms with Crippen molar-refractivity contribution < 1.29 is 14.0 Å². The van der Waals surface area contributed by atoms with E-state index in [4.69, 9.17) is 8.85 Å². The Morgan fingerprint density at radius 2 is 2.00 bits per heavy atom. The summed E-state index contributed by atoms with van der Waals surface area (Å²) in [6.07, 6.45) is 2.46. The van der Waals surface area contributed by atoms with Crippen molar-refractivity contribution in [3.05, 3.63) is 0 Å². The third-order valence-electron chi connectivity index (χ3n) is 4.14. The molecular formula is C11H26NO3Si2. The molecule has 0 bridgehead atoms. The van der Waals surface area contributed by atoms with E-state index in [0.29, 0.717) is 0 Å². The Labute approximate surface area is 107 Å². The molecule has 1 atom stereocenters. The summed E-state index contributed by atoms with van der Waals surface area (Å²) < 4.78 is 13.4. The van der Waals surface area contributed by atoms with Crippen LogP contribution in [0.1, 0.15) is 12.8 Å². The van der Waals surface area contributed by atoms with Crippen LogP contribution >= 0.6 is 0 Å². The molecule has 0 amide bonds. The first-order valence-electron chi connectivity index (χ1n) is 6.43. The summed E-state index contributed by atoms with van der Waals surface area (Å²) >= 11 is 0. The zero-order chi connectivity index (χ0) is 12.9. The topological polar surface area (TPSA) is 41.6 Å². The van der Waals surface area contributed by atoms with Crippen molar-refractivity contribution in [2.45, 2.75) is 38.0 Å². The van der Waals surface area contributed by atoms with Gasteiger partial charge in [-0.3, -0.25) is 0 Å². The van der Waals surface area contributed by atoms with E-state index in [0.717, 1.165) is 25.6 Å². The molecule has 6 heteroatoms. The first kappa shape index (κ1) is 15.3. The van der Waals surface area contributed by atoms with E-state index in [2.05, 4.69) is 17.7 Å². The maximum absolute atomic E-state index is 11.3. The van der Waals surface area contributed by atoms with E-state index >= 15 is 0 Å². The van der Waals surface area contributed by atoms with Crippen LogP contribution in [-0.4, -0.2) is 54.9 Å². The van der Waals surface area contributed by atoms with Crippen LogP contribution in [0, 0.1) is 0 Å². The molecule has 0 aromatic carbocycles. The molecule has 1 aliphatic rings. The first-order valence-corrected chi connectivity index (χ1v) is 11.8. The minimum atomic E-state index is -1.92. The molecule has 1 unspecified atom stereocenters. The molecule has 1 radical (unpaired) electrons. The molecule has 0 N–H and O–H groups in total. The van der Waals surface area contributed by atoms with E-state index in [-0.39, 0.29) is 6.23 Å². The lowest BCUT2D eigenvalue weighted by Crippen LogP contribution is -2.50. The smallest absolute Gasteiger partial charge is 0.334 e. The minimum absolute atomic E-state index is 0.149. The van der Waals surface area contributed by atoms with Crippen molar-refractivity contribution in [1.82, 2.24) is 4.57 Å². The van der Waals surface area contributed by atoms with Crippen LogP contribution in [0.4, 0.5) is 0 Å². The van der Waals surface area contributed by atoms with Gasteiger partial charge in [0.25, 0.3) is 0 Å². The third-order valence-corrected chi connectivity index (χ3v) is 11.2. The van der Waals surface area contributed by atoms with Crippen LogP contribution < -0.4 is 0 Å². The van der Waals surface area contributed by atoms with Crippen LogP contribution in [0.25, 0.3) is 0 Å². The van der Waals surface area contributed by atoms with Gasteiger partial charge in [0.15, 0.2) is 8.24 Å². The highest BCUT2D eigenvalue weighted by Crippen LogP contribution is 2.26. The van der Waals surface area contributed by atoms with Crippen molar-refractivity contribution in [2.24, 2.45) is 0 Å². The fraction of sp³-hybridized carbons (Fsp3) is 1.00. The van der Waals surface area contributed by atoms with E-state index in [9.17, 15) is 5.11 Å². The predicted octanol–water partition coefficient (Wildman–Crippen LogP) is 1.99. The normalized spacial score (nSPS) is 26.6. The molecule has 0 aromatic rings. The molecule has 4 nitrogen and oxygen atoms in total. The molecule has 0 aromatic heterocycles. The van der Waals surface area contributed by atoms with Crippen LogP contribution in [0.5, 0.6) is 0 Å². The maximum Gasteiger partial charge on any atom is 0.334 e. The van der Waals surface area contributed by atoms with Crippen molar-refractivity contribution in [1.29, 1.82) is 0 Å². The van der Waals surface area contributed by atoms with Gasteiger partial charge in [0.05, 0.1) is 6.23 Å². The number of hydrogen-bond acceptors (Lipinski definition) is 3.